The Morgan fingerprint density at radius 2 is 2.18 bits per heavy atom. The third-order valence-corrected chi connectivity index (χ3v) is 5.34. The fraction of sp³-hybridized carbons (Fsp3) is 0.588. The molecule has 0 saturated carbocycles. The van der Waals surface area contributed by atoms with Crippen molar-refractivity contribution in [2.45, 2.75) is 25.0 Å². The number of carbonyl (C=O) groups is 1. The number of halogens is 1. The maximum atomic E-state index is 11.8. The number of rotatable bonds is 7. The molecule has 0 aromatic heterocycles. The molecule has 0 radical (unpaired) electrons. The van der Waals surface area contributed by atoms with Gasteiger partial charge >= 0.3 is 0 Å². The van der Waals surface area contributed by atoms with Crippen LogP contribution in [-0.2, 0) is 10.5 Å². The van der Waals surface area contributed by atoms with Crippen molar-refractivity contribution in [1.82, 2.24) is 10.2 Å². The van der Waals surface area contributed by atoms with Gasteiger partial charge in [0.2, 0.25) is 5.91 Å². The molecule has 2 rings (SSSR count). The summed E-state index contributed by atoms with van der Waals surface area (Å²) >= 11 is 7.58. The molecule has 1 aliphatic heterocycles. The lowest BCUT2D eigenvalue weighted by molar-refractivity contribution is -0.118. The van der Waals surface area contributed by atoms with E-state index in [0.29, 0.717) is 5.75 Å². The van der Waals surface area contributed by atoms with E-state index in [1.807, 2.05) is 24.3 Å². The number of hydrogen-bond acceptors (Lipinski definition) is 3. The largest absolute Gasteiger partial charge is 0.355 e. The Morgan fingerprint density at radius 3 is 2.91 bits per heavy atom. The normalized spacial score (nSPS) is 16.6. The second kappa shape index (κ2) is 9.43. The van der Waals surface area contributed by atoms with Gasteiger partial charge in [0.15, 0.2) is 0 Å². The Bertz CT molecular complexity index is 475. The van der Waals surface area contributed by atoms with Crippen LogP contribution in [0.4, 0.5) is 0 Å². The van der Waals surface area contributed by atoms with Crippen LogP contribution in [0.2, 0.25) is 5.02 Å². The van der Waals surface area contributed by atoms with Gasteiger partial charge in [-0.2, -0.15) is 0 Å². The second-order valence-electron chi connectivity index (χ2n) is 6.01. The predicted octanol–water partition coefficient (Wildman–Crippen LogP) is 3.42. The Balaban J connectivity index is 1.54. The zero-order valence-electron chi connectivity index (χ0n) is 13.2. The Hall–Kier alpha value is -0.710. The van der Waals surface area contributed by atoms with E-state index in [1.54, 1.807) is 11.8 Å². The molecule has 0 spiro atoms. The lowest BCUT2D eigenvalue weighted by Gasteiger charge is -2.28. The van der Waals surface area contributed by atoms with Gasteiger partial charge < -0.3 is 10.2 Å². The summed E-state index contributed by atoms with van der Waals surface area (Å²) in [6, 6.07) is 7.80. The van der Waals surface area contributed by atoms with E-state index in [2.05, 4.69) is 17.3 Å². The van der Waals surface area contributed by atoms with Crippen LogP contribution in [0.3, 0.4) is 0 Å². The molecule has 1 heterocycles. The van der Waals surface area contributed by atoms with Crippen LogP contribution < -0.4 is 5.32 Å². The van der Waals surface area contributed by atoms with Crippen LogP contribution in [0.5, 0.6) is 0 Å². The van der Waals surface area contributed by atoms with Gasteiger partial charge in [0.05, 0.1) is 5.75 Å². The Kier molecular flexibility index (Phi) is 7.56. The average molecular weight is 341 g/mol. The van der Waals surface area contributed by atoms with E-state index in [0.717, 1.165) is 35.2 Å². The molecule has 1 aliphatic rings. The molecular formula is C17H25ClN2OS. The third-order valence-electron chi connectivity index (χ3n) is 4.10. The number of amides is 1. The standard InChI is InChI=1S/C17H25ClN2OS/c1-20-9-6-14(7-10-20)5-8-19-17(21)13-22-12-15-3-2-4-16(18)11-15/h2-4,11,14H,5-10,12-13H2,1H3,(H,19,21). The summed E-state index contributed by atoms with van der Waals surface area (Å²) in [6.07, 6.45) is 3.63. The number of nitrogens with zero attached hydrogens (tertiary/aromatic N) is 1. The van der Waals surface area contributed by atoms with Gasteiger partial charge in [-0.15, -0.1) is 11.8 Å². The summed E-state index contributed by atoms with van der Waals surface area (Å²) in [5, 5.41) is 3.79. The van der Waals surface area contributed by atoms with Crippen molar-refractivity contribution >= 4 is 29.3 Å². The molecule has 1 saturated heterocycles. The minimum atomic E-state index is 0.139. The molecule has 1 amide bonds. The van der Waals surface area contributed by atoms with E-state index < -0.39 is 0 Å². The van der Waals surface area contributed by atoms with Gasteiger partial charge in [0.25, 0.3) is 0 Å². The molecule has 122 valence electrons. The molecule has 22 heavy (non-hydrogen) atoms. The summed E-state index contributed by atoms with van der Waals surface area (Å²) in [6.45, 7) is 3.19. The lowest BCUT2D eigenvalue weighted by atomic mass is 9.94. The van der Waals surface area contributed by atoms with Crippen LogP contribution in [0, 0.1) is 5.92 Å². The molecule has 0 atom stereocenters. The summed E-state index contributed by atoms with van der Waals surface area (Å²) < 4.78 is 0. The maximum absolute atomic E-state index is 11.8. The molecule has 1 fully saturated rings. The monoisotopic (exact) mass is 340 g/mol. The first-order valence-electron chi connectivity index (χ1n) is 7.91. The molecule has 1 aromatic carbocycles. The van der Waals surface area contributed by atoms with Gasteiger partial charge in [-0.25, -0.2) is 0 Å². The number of hydrogen-bond donors (Lipinski definition) is 1. The molecule has 0 bridgehead atoms. The van der Waals surface area contributed by atoms with Gasteiger partial charge in [-0.05, 0) is 63.0 Å². The molecular weight excluding hydrogens is 316 g/mol. The highest BCUT2D eigenvalue weighted by molar-refractivity contribution is 7.99. The summed E-state index contributed by atoms with van der Waals surface area (Å²) in [4.78, 5) is 14.2. The fourth-order valence-corrected chi connectivity index (χ4v) is 3.72. The number of carbonyl (C=O) groups excluding carboxylic acids is 1. The van der Waals surface area contributed by atoms with Crippen molar-refractivity contribution in [2.24, 2.45) is 5.92 Å². The first-order valence-corrected chi connectivity index (χ1v) is 9.44. The van der Waals surface area contributed by atoms with Gasteiger partial charge in [0.1, 0.15) is 0 Å². The van der Waals surface area contributed by atoms with Crippen molar-refractivity contribution in [3.05, 3.63) is 34.9 Å². The summed E-state index contributed by atoms with van der Waals surface area (Å²) in [7, 11) is 2.18. The number of thioether (sulfide) groups is 1. The number of likely N-dealkylation sites (tertiary alicyclic amines) is 1. The zero-order valence-corrected chi connectivity index (χ0v) is 14.8. The SMILES string of the molecule is CN1CCC(CCNC(=O)CSCc2cccc(Cl)c2)CC1. The van der Waals surface area contributed by atoms with Crippen LogP contribution >= 0.6 is 23.4 Å². The van der Waals surface area contributed by atoms with Crippen molar-refractivity contribution in [2.75, 3.05) is 32.4 Å². The highest BCUT2D eigenvalue weighted by atomic mass is 35.5. The van der Waals surface area contributed by atoms with Crippen molar-refractivity contribution in [3.63, 3.8) is 0 Å². The molecule has 1 N–H and O–H groups in total. The van der Waals surface area contributed by atoms with Crippen LogP contribution in [0.15, 0.2) is 24.3 Å². The molecule has 1 aromatic rings. The van der Waals surface area contributed by atoms with Crippen molar-refractivity contribution < 1.29 is 4.79 Å². The summed E-state index contributed by atoms with van der Waals surface area (Å²) in [5.41, 5.74) is 1.16. The molecule has 3 nitrogen and oxygen atoms in total. The minimum Gasteiger partial charge on any atom is -0.355 e. The van der Waals surface area contributed by atoms with Crippen LogP contribution in [0.25, 0.3) is 0 Å². The first kappa shape index (κ1) is 17.6. The van der Waals surface area contributed by atoms with Crippen LogP contribution in [0.1, 0.15) is 24.8 Å². The quantitative estimate of drug-likeness (QED) is 0.825. The second-order valence-corrected chi connectivity index (χ2v) is 7.43. The van der Waals surface area contributed by atoms with Crippen molar-refractivity contribution in [3.8, 4) is 0 Å². The zero-order chi connectivity index (χ0) is 15.8. The highest BCUT2D eigenvalue weighted by Crippen LogP contribution is 2.19. The van der Waals surface area contributed by atoms with E-state index in [9.17, 15) is 4.79 Å². The number of benzene rings is 1. The van der Waals surface area contributed by atoms with E-state index in [-0.39, 0.29) is 5.91 Å². The highest BCUT2D eigenvalue weighted by Gasteiger charge is 2.16. The fourth-order valence-electron chi connectivity index (χ4n) is 2.71. The van der Waals surface area contributed by atoms with E-state index in [1.165, 1.54) is 25.9 Å². The van der Waals surface area contributed by atoms with Gasteiger partial charge in [-0.3, -0.25) is 4.79 Å². The van der Waals surface area contributed by atoms with Crippen molar-refractivity contribution in [1.29, 1.82) is 0 Å². The number of piperidine rings is 1. The smallest absolute Gasteiger partial charge is 0.230 e. The molecule has 0 unspecified atom stereocenters. The molecule has 5 heteroatoms. The predicted molar refractivity (Wildman–Crippen MR) is 95.5 cm³/mol. The molecule has 0 aliphatic carbocycles. The Labute approximate surface area is 142 Å². The van der Waals surface area contributed by atoms with Crippen LogP contribution in [-0.4, -0.2) is 43.2 Å². The van der Waals surface area contributed by atoms with E-state index >= 15 is 0 Å². The summed E-state index contributed by atoms with van der Waals surface area (Å²) in [5.74, 6) is 2.25. The van der Waals surface area contributed by atoms with E-state index in [4.69, 9.17) is 11.6 Å². The lowest BCUT2D eigenvalue weighted by Crippen LogP contribution is -2.33. The topological polar surface area (TPSA) is 32.3 Å². The minimum absolute atomic E-state index is 0.139. The van der Waals surface area contributed by atoms with Gasteiger partial charge in [-0.1, -0.05) is 23.7 Å². The first-order chi connectivity index (χ1) is 10.6. The van der Waals surface area contributed by atoms with Gasteiger partial charge in [0, 0.05) is 17.3 Å². The third kappa shape index (κ3) is 6.59. The number of nitrogens with one attached hydrogen (secondary N) is 1. The average Bonchev–Trinajstić information content (AvgIpc) is 2.49. The maximum Gasteiger partial charge on any atom is 0.230 e. The Morgan fingerprint density at radius 1 is 1.41 bits per heavy atom.